The first-order chi connectivity index (χ1) is 6.74. The minimum atomic E-state index is -0.142. The number of rotatable bonds is 2. The molecule has 74 valence electrons. The van der Waals surface area contributed by atoms with Gasteiger partial charge >= 0.3 is 0 Å². The van der Waals surface area contributed by atoms with Crippen LogP contribution in [0, 0.1) is 0 Å². The van der Waals surface area contributed by atoms with E-state index in [-0.39, 0.29) is 5.91 Å². The van der Waals surface area contributed by atoms with Gasteiger partial charge in [-0.15, -0.1) is 0 Å². The number of thioether (sulfide) groups is 1. The summed E-state index contributed by atoms with van der Waals surface area (Å²) in [5.74, 6) is 0.727. The predicted octanol–water partition coefficient (Wildman–Crippen LogP) is 2.45. The van der Waals surface area contributed by atoms with Gasteiger partial charge in [0.25, 0.3) is 5.91 Å². The van der Waals surface area contributed by atoms with Crippen molar-refractivity contribution in [3.05, 3.63) is 35.9 Å². The van der Waals surface area contributed by atoms with E-state index >= 15 is 0 Å². The van der Waals surface area contributed by atoms with Crippen molar-refractivity contribution in [2.24, 2.45) is 0 Å². The molecule has 1 aromatic carbocycles. The summed E-state index contributed by atoms with van der Waals surface area (Å²) in [5.41, 5.74) is 0.631. The van der Waals surface area contributed by atoms with Gasteiger partial charge in [-0.1, -0.05) is 49.1 Å². The van der Waals surface area contributed by atoms with E-state index in [0.717, 1.165) is 5.75 Å². The summed E-state index contributed by atoms with van der Waals surface area (Å²) in [6.45, 7) is 1.99. The van der Waals surface area contributed by atoms with Gasteiger partial charge in [0.15, 0.2) is 0 Å². The minimum absolute atomic E-state index is 0.142. The summed E-state index contributed by atoms with van der Waals surface area (Å²) < 4.78 is 0.529. The molecule has 0 unspecified atom stereocenters. The lowest BCUT2D eigenvalue weighted by Crippen LogP contribution is -2.26. The van der Waals surface area contributed by atoms with Gasteiger partial charge in [0, 0.05) is 5.56 Å². The number of thiocarbonyl (C=S) groups is 1. The SMILES string of the molecule is CCSC(=S)NC(=O)c1ccccc1. The zero-order chi connectivity index (χ0) is 10.4. The van der Waals surface area contributed by atoms with Gasteiger partial charge in [0.1, 0.15) is 4.32 Å². The zero-order valence-corrected chi connectivity index (χ0v) is 9.45. The van der Waals surface area contributed by atoms with E-state index in [1.54, 1.807) is 12.1 Å². The highest BCUT2D eigenvalue weighted by atomic mass is 32.2. The van der Waals surface area contributed by atoms with Crippen molar-refractivity contribution < 1.29 is 4.79 Å². The first-order valence-corrected chi connectivity index (χ1v) is 5.66. The van der Waals surface area contributed by atoms with Crippen LogP contribution in [0.3, 0.4) is 0 Å². The van der Waals surface area contributed by atoms with Crippen LogP contribution in [0.15, 0.2) is 30.3 Å². The van der Waals surface area contributed by atoms with Gasteiger partial charge in [0.05, 0.1) is 0 Å². The maximum atomic E-state index is 11.5. The maximum Gasteiger partial charge on any atom is 0.256 e. The molecule has 2 nitrogen and oxygen atoms in total. The lowest BCUT2D eigenvalue weighted by atomic mass is 10.2. The van der Waals surface area contributed by atoms with Gasteiger partial charge in [-0.3, -0.25) is 4.79 Å². The molecule has 0 saturated heterocycles. The predicted molar refractivity (Wildman–Crippen MR) is 64.6 cm³/mol. The topological polar surface area (TPSA) is 29.1 Å². The third-order valence-corrected chi connectivity index (χ3v) is 2.64. The molecule has 1 N–H and O–H groups in total. The quantitative estimate of drug-likeness (QED) is 0.784. The smallest absolute Gasteiger partial charge is 0.256 e. The Kier molecular flexibility index (Phi) is 4.62. The lowest BCUT2D eigenvalue weighted by Gasteiger charge is -2.04. The molecule has 1 aromatic rings. The number of carbonyl (C=O) groups is 1. The highest BCUT2D eigenvalue weighted by molar-refractivity contribution is 8.23. The number of hydrogen-bond donors (Lipinski definition) is 1. The Balaban J connectivity index is 2.55. The summed E-state index contributed by atoms with van der Waals surface area (Å²) in [5, 5.41) is 2.65. The maximum absolute atomic E-state index is 11.5. The van der Waals surface area contributed by atoms with Crippen LogP contribution >= 0.6 is 24.0 Å². The summed E-state index contributed by atoms with van der Waals surface area (Å²) in [6.07, 6.45) is 0. The number of hydrogen-bond acceptors (Lipinski definition) is 3. The van der Waals surface area contributed by atoms with E-state index in [0.29, 0.717) is 9.88 Å². The Bertz CT molecular complexity index is 324. The van der Waals surface area contributed by atoms with Gasteiger partial charge in [-0.2, -0.15) is 0 Å². The van der Waals surface area contributed by atoms with E-state index < -0.39 is 0 Å². The van der Waals surface area contributed by atoms with Crippen molar-refractivity contribution in [1.82, 2.24) is 5.32 Å². The van der Waals surface area contributed by atoms with Crippen LogP contribution in [-0.2, 0) is 0 Å². The highest BCUT2D eigenvalue weighted by Crippen LogP contribution is 2.03. The summed E-state index contributed by atoms with van der Waals surface area (Å²) in [6, 6.07) is 9.04. The molecule has 1 amide bonds. The van der Waals surface area contributed by atoms with Crippen LogP contribution in [0.25, 0.3) is 0 Å². The molecule has 0 atom stereocenters. The molecular formula is C10H11NOS2. The second kappa shape index (κ2) is 5.78. The molecule has 1 rings (SSSR count). The third kappa shape index (κ3) is 3.47. The molecule has 0 aliphatic rings. The monoisotopic (exact) mass is 225 g/mol. The molecule has 0 fully saturated rings. The number of benzene rings is 1. The van der Waals surface area contributed by atoms with E-state index in [2.05, 4.69) is 5.32 Å². The second-order valence-corrected chi connectivity index (χ2v) is 4.48. The summed E-state index contributed by atoms with van der Waals surface area (Å²) in [7, 11) is 0. The average molecular weight is 225 g/mol. The van der Waals surface area contributed by atoms with Crippen molar-refractivity contribution >= 4 is 34.2 Å². The summed E-state index contributed by atoms with van der Waals surface area (Å²) in [4.78, 5) is 11.5. The molecule has 0 aliphatic heterocycles. The first kappa shape index (κ1) is 11.2. The van der Waals surface area contributed by atoms with Gasteiger partial charge in [0.2, 0.25) is 0 Å². The van der Waals surface area contributed by atoms with Crippen molar-refractivity contribution in [1.29, 1.82) is 0 Å². The summed E-state index contributed by atoms with van der Waals surface area (Å²) >= 11 is 6.41. The molecule has 0 bridgehead atoms. The van der Waals surface area contributed by atoms with E-state index in [1.807, 2.05) is 25.1 Å². The third-order valence-electron chi connectivity index (χ3n) is 1.53. The fourth-order valence-corrected chi connectivity index (χ4v) is 1.79. The molecule has 0 heterocycles. The standard InChI is InChI=1S/C10H11NOS2/c1-2-14-10(13)11-9(12)8-6-4-3-5-7-8/h3-7H,2H2,1H3,(H,11,12,13). The van der Waals surface area contributed by atoms with Crippen LogP contribution in [-0.4, -0.2) is 16.0 Å². The Morgan fingerprint density at radius 3 is 2.64 bits per heavy atom. The molecule has 0 aromatic heterocycles. The first-order valence-electron chi connectivity index (χ1n) is 4.27. The number of nitrogens with one attached hydrogen (secondary N) is 1. The fraction of sp³-hybridized carbons (Fsp3) is 0.200. The fourth-order valence-electron chi connectivity index (χ4n) is 0.922. The lowest BCUT2D eigenvalue weighted by molar-refractivity contribution is 0.0978. The molecule has 4 heteroatoms. The van der Waals surface area contributed by atoms with Gasteiger partial charge in [-0.25, -0.2) is 0 Å². The molecule has 0 aliphatic carbocycles. The van der Waals surface area contributed by atoms with Crippen molar-refractivity contribution in [3.8, 4) is 0 Å². The Morgan fingerprint density at radius 1 is 1.43 bits per heavy atom. The normalized spacial score (nSPS) is 9.50. The Morgan fingerprint density at radius 2 is 2.07 bits per heavy atom. The van der Waals surface area contributed by atoms with Crippen LogP contribution in [0.1, 0.15) is 17.3 Å². The van der Waals surface area contributed by atoms with E-state index in [9.17, 15) is 4.79 Å². The molecule has 0 spiro atoms. The van der Waals surface area contributed by atoms with Crippen molar-refractivity contribution in [2.45, 2.75) is 6.92 Å². The van der Waals surface area contributed by atoms with E-state index in [4.69, 9.17) is 12.2 Å². The van der Waals surface area contributed by atoms with E-state index in [1.165, 1.54) is 11.8 Å². The highest BCUT2D eigenvalue weighted by Gasteiger charge is 2.05. The molecule has 0 radical (unpaired) electrons. The zero-order valence-electron chi connectivity index (χ0n) is 7.82. The molecular weight excluding hydrogens is 214 g/mol. The van der Waals surface area contributed by atoms with Crippen molar-refractivity contribution in [3.63, 3.8) is 0 Å². The second-order valence-electron chi connectivity index (χ2n) is 2.54. The van der Waals surface area contributed by atoms with Crippen LogP contribution in [0.2, 0.25) is 0 Å². The Labute approximate surface area is 93.1 Å². The number of amides is 1. The van der Waals surface area contributed by atoms with Crippen molar-refractivity contribution in [2.75, 3.05) is 5.75 Å². The number of carbonyl (C=O) groups excluding carboxylic acids is 1. The van der Waals surface area contributed by atoms with Crippen LogP contribution in [0.5, 0.6) is 0 Å². The average Bonchev–Trinajstić information content (AvgIpc) is 2.19. The molecule has 14 heavy (non-hydrogen) atoms. The Hall–Kier alpha value is -0.870. The minimum Gasteiger partial charge on any atom is -0.308 e. The van der Waals surface area contributed by atoms with Gasteiger partial charge < -0.3 is 5.32 Å². The van der Waals surface area contributed by atoms with Crippen LogP contribution in [0.4, 0.5) is 0 Å². The van der Waals surface area contributed by atoms with Gasteiger partial charge in [-0.05, 0) is 17.9 Å². The largest absolute Gasteiger partial charge is 0.308 e. The molecule has 0 saturated carbocycles. The van der Waals surface area contributed by atoms with Crippen LogP contribution < -0.4 is 5.32 Å².